The Hall–Kier alpha value is -3.18. The topological polar surface area (TPSA) is 173 Å². The normalized spacial score (nSPS) is 28.2. The third-order valence-electron chi connectivity index (χ3n) is 4.97. The van der Waals surface area contributed by atoms with Gasteiger partial charge in [0.25, 0.3) is 11.9 Å². The number of hydrogen-bond acceptors (Lipinski definition) is 9. The second-order valence-corrected chi connectivity index (χ2v) is 7.09. The van der Waals surface area contributed by atoms with Crippen LogP contribution in [-0.4, -0.2) is 71.7 Å². The number of fused-ring (bicyclic) bond motifs is 1. The number of aliphatic hydroxyl groups excluding tert-OH is 3. The summed E-state index contributed by atoms with van der Waals surface area (Å²) < 4.78 is 15.5. The fourth-order valence-corrected chi connectivity index (χ4v) is 3.35. The highest BCUT2D eigenvalue weighted by Crippen LogP contribution is 2.46. The van der Waals surface area contributed by atoms with Crippen molar-refractivity contribution in [3.05, 3.63) is 47.2 Å². The molecule has 0 spiro atoms. The van der Waals surface area contributed by atoms with Crippen LogP contribution >= 0.6 is 0 Å². The monoisotopic (exact) mass is 421 g/mol. The van der Waals surface area contributed by atoms with Crippen molar-refractivity contribution in [2.45, 2.75) is 30.7 Å². The fourth-order valence-electron chi connectivity index (χ4n) is 3.35. The molecule has 30 heavy (non-hydrogen) atoms. The molecule has 2 aromatic rings. The maximum Gasteiger partial charge on any atom is 0.270 e. The predicted molar refractivity (Wildman–Crippen MR) is 101 cm³/mol. The van der Waals surface area contributed by atoms with E-state index in [4.69, 9.17) is 9.47 Å². The minimum Gasteiger partial charge on any atom is -0.571 e. The summed E-state index contributed by atoms with van der Waals surface area (Å²) in [4.78, 5) is 0. The summed E-state index contributed by atoms with van der Waals surface area (Å²) in [6.07, 6.45) is -5.12. The van der Waals surface area contributed by atoms with Crippen LogP contribution in [0.15, 0.2) is 36.1 Å². The van der Waals surface area contributed by atoms with Gasteiger partial charge in [-0.25, -0.2) is 0 Å². The van der Waals surface area contributed by atoms with E-state index >= 15 is 0 Å². The molecule has 10 nitrogen and oxygen atoms in total. The van der Waals surface area contributed by atoms with Gasteiger partial charge in [0.1, 0.15) is 35.4 Å². The van der Waals surface area contributed by atoms with Crippen LogP contribution in [0.25, 0.3) is 6.08 Å². The van der Waals surface area contributed by atoms with Gasteiger partial charge in [-0.15, -0.1) is 0 Å². The molecule has 0 bridgehead atoms. The molecule has 160 valence electrons. The molecule has 5 atom stereocenters. The summed E-state index contributed by atoms with van der Waals surface area (Å²) in [5.41, 5.74) is 0.642. The lowest BCUT2D eigenvalue weighted by Gasteiger charge is -2.36. The second kappa shape index (κ2) is 7.58. The van der Waals surface area contributed by atoms with Crippen LogP contribution in [0.2, 0.25) is 0 Å². The summed E-state index contributed by atoms with van der Waals surface area (Å²) in [6, 6.07) is 6.48. The minimum atomic E-state index is -1.56. The van der Waals surface area contributed by atoms with Crippen molar-refractivity contribution >= 4 is 6.08 Å². The molecule has 0 amide bonds. The molecule has 2 aliphatic rings. The largest absolute Gasteiger partial charge is 0.571 e. The lowest BCUT2D eigenvalue weighted by molar-refractivity contribution is -0.263. The Morgan fingerprint density at radius 1 is 0.900 bits per heavy atom. The van der Waals surface area contributed by atoms with Crippen LogP contribution < -0.4 is 0 Å². The molecule has 0 aliphatic carbocycles. The van der Waals surface area contributed by atoms with Crippen LogP contribution in [0.3, 0.4) is 0 Å². The van der Waals surface area contributed by atoms with Crippen LogP contribution in [0.4, 0.5) is 0 Å². The highest BCUT2D eigenvalue weighted by molar-refractivity contribution is 5.69. The Kier molecular flexibility index (Phi) is 5.08. The van der Waals surface area contributed by atoms with Gasteiger partial charge in [-0.05, 0) is 18.2 Å². The van der Waals surface area contributed by atoms with Crippen molar-refractivity contribution in [2.24, 2.45) is 0 Å². The lowest BCUT2D eigenvalue weighted by Crippen LogP contribution is -2.53. The van der Waals surface area contributed by atoms with E-state index in [1.807, 2.05) is 0 Å². The predicted octanol–water partition coefficient (Wildman–Crippen LogP) is 0.302. The van der Waals surface area contributed by atoms with Crippen LogP contribution in [0.1, 0.15) is 17.2 Å². The van der Waals surface area contributed by atoms with E-state index in [9.17, 15) is 35.7 Å². The summed E-state index contributed by atoms with van der Waals surface area (Å²) in [7, 11) is 0. The first-order chi connectivity index (χ1) is 14.2. The molecule has 0 radical (unpaired) electrons. The maximum atomic E-state index is 10.2. The highest BCUT2D eigenvalue weighted by Gasteiger charge is 2.42. The zero-order chi connectivity index (χ0) is 21.6. The summed E-state index contributed by atoms with van der Waals surface area (Å²) >= 11 is 0. The molecule has 0 saturated carbocycles. The Morgan fingerprint density at radius 2 is 1.67 bits per heavy atom. The molecular formula is C20H21O10+. The van der Waals surface area contributed by atoms with Gasteiger partial charge in [-0.1, -0.05) is 0 Å². The standard InChI is InChI=1S/C20H20O10/c21-9-4-12(23)10-6-16(30-20-18(27)17(26)14(25)7-28-20)19(29-15(10)5-9)8-1-2-11(22)13(24)3-8/h1-6,14,17-27H,7H2/p+1/t14-,17+,18+,19?,20+/m0/s1. The average molecular weight is 421 g/mol. The number of ether oxygens (including phenoxy) is 3. The van der Waals surface area contributed by atoms with Crippen molar-refractivity contribution in [2.75, 3.05) is 6.61 Å². The number of rotatable bonds is 3. The van der Waals surface area contributed by atoms with E-state index in [-0.39, 0.29) is 46.7 Å². The highest BCUT2D eigenvalue weighted by atomic mass is 16.7. The van der Waals surface area contributed by atoms with Gasteiger partial charge in [-0.2, -0.15) is 0 Å². The van der Waals surface area contributed by atoms with Gasteiger partial charge in [0.05, 0.1) is 18.2 Å². The van der Waals surface area contributed by atoms with Crippen LogP contribution in [0, 0.1) is 0 Å². The van der Waals surface area contributed by atoms with E-state index < -0.39 is 30.7 Å². The molecule has 4 rings (SSSR count). The van der Waals surface area contributed by atoms with Crippen molar-refractivity contribution in [3.8, 4) is 28.7 Å². The van der Waals surface area contributed by atoms with Gasteiger partial charge in [-0.3, -0.25) is 0 Å². The third-order valence-corrected chi connectivity index (χ3v) is 4.97. The number of benzene rings is 2. The summed E-state index contributed by atoms with van der Waals surface area (Å²) in [5, 5.41) is 69.1. The minimum absolute atomic E-state index is 0.0984. The van der Waals surface area contributed by atoms with Crippen molar-refractivity contribution < 1.29 is 50.0 Å². The summed E-state index contributed by atoms with van der Waals surface area (Å²) in [6.45, 7) is -0.270. The quantitative estimate of drug-likeness (QED) is 0.272. The molecule has 1 saturated heterocycles. The average Bonchev–Trinajstić information content (AvgIpc) is 2.70. The van der Waals surface area contributed by atoms with Crippen molar-refractivity contribution in [3.63, 3.8) is 0 Å². The van der Waals surface area contributed by atoms with Gasteiger partial charge in [0, 0.05) is 12.1 Å². The first-order valence-corrected chi connectivity index (χ1v) is 9.07. The van der Waals surface area contributed by atoms with Crippen LogP contribution in [0.5, 0.6) is 28.7 Å². The van der Waals surface area contributed by atoms with E-state index in [2.05, 4.69) is 4.74 Å². The van der Waals surface area contributed by atoms with Gasteiger partial charge >= 0.3 is 0 Å². The van der Waals surface area contributed by atoms with E-state index in [1.54, 1.807) is 0 Å². The molecule has 2 aliphatic heterocycles. The van der Waals surface area contributed by atoms with Crippen LogP contribution in [-0.2, 0) is 9.47 Å². The van der Waals surface area contributed by atoms with Gasteiger partial charge in [0.15, 0.2) is 17.3 Å². The zero-order valence-electron chi connectivity index (χ0n) is 15.5. The first-order valence-electron chi connectivity index (χ1n) is 9.07. The van der Waals surface area contributed by atoms with E-state index in [0.717, 1.165) is 6.07 Å². The Morgan fingerprint density at radius 3 is 2.40 bits per heavy atom. The fraction of sp³-hybridized carbons (Fsp3) is 0.300. The third kappa shape index (κ3) is 3.57. The lowest BCUT2D eigenvalue weighted by atomic mass is 10.0. The molecule has 10 heteroatoms. The maximum absolute atomic E-state index is 10.2. The molecule has 8 N–H and O–H groups in total. The Balaban J connectivity index is 1.73. The Bertz CT molecular complexity index is 988. The van der Waals surface area contributed by atoms with Crippen molar-refractivity contribution in [1.29, 1.82) is 0 Å². The molecule has 1 unspecified atom stereocenters. The molecule has 1 fully saturated rings. The SMILES string of the molecule is Oc1cc(O)c2c(c1)[OH+]C(c1ccc(O)c(O)c1)C(O[C@H]1OC[C@H](O)[C@@H](O)[C@H]1O)=C2. The number of aliphatic hydroxyl groups is 4. The smallest absolute Gasteiger partial charge is 0.270 e. The molecule has 2 aromatic carbocycles. The zero-order valence-corrected chi connectivity index (χ0v) is 15.5. The van der Waals surface area contributed by atoms with Crippen molar-refractivity contribution in [1.82, 2.24) is 0 Å². The molecule has 0 aromatic heterocycles. The second-order valence-electron chi connectivity index (χ2n) is 7.09. The van der Waals surface area contributed by atoms with E-state index in [1.165, 1.54) is 30.3 Å². The number of aromatic hydroxyl groups is 5. The first kappa shape index (κ1) is 20.1. The van der Waals surface area contributed by atoms with E-state index in [0.29, 0.717) is 5.56 Å². The van der Waals surface area contributed by atoms with Gasteiger partial charge < -0.3 is 50.0 Å². The molecule has 2 heterocycles. The Labute approximate surface area is 170 Å². The number of phenols is 4. The number of phenolic OH excluding ortho intramolecular Hbond substituents is 4. The summed E-state index contributed by atoms with van der Waals surface area (Å²) in [5.74, 6) is -0.844. The number of hydrogen-bond donors (Lipinski definition) is 7. The molecular weight excluding hydrogens is 400 g/mol. The van der Waals surface area contributed by atoms with Gasteiger partial charge in [0.2, 0.25) is 6.29 Å².